The van der Waals surface area contributed by atoms with E-state index in [-0.39, 0.29) is 13.6 Å². The van der Waals surface area contributed by atoms with E-state index >= 15 is 0 Å². The molecule has 0 atom stereocenters. The van der Waals surface area contributed by atoms with Crippen LogP contribution in [0.3, 0.4) is 0 Å². The molecule has 4 heteroatoms. The molecule has 0 heterocycles. The van der Waals surface area contributed by atoms with Crippen LogP contribution >= 0.6 is 0 Å². The number of fused-ring (bicyclic) bond motifs is 25. The molecule has 0 saturated carbocycles. The molecule has 7 aromatic carbocycles. The zero-order valence-electron chi connectivity index (χ0n) is 50.9. The molecular weight excluding hydrogens is 1050 g/mol. The summed E-state index contributed by atoms with van der Waals surface area (Å²) in [5.74, 6) is 1.59. The van der Waals surface area contributed by atoms with Gasteiger partial charge in [0.2, 0.25) is 0 Å². The van der Waals surface area contributed by atoms with Crippen LogP contribution in [0.4, 0.5) is 0 Å². The van der Waals surface area contributed by atoms with Crippen LogP contribution in [0.1, 0.15) is 149 Å². The maximum absolute atomic E-state index is 5.80. The Hall–Kier alpha value is -8.28. The van der Waals surface area contributed by atoms with Gasteiger partial charge in [0, 0.05) is 14.2 Å². The zero-order valence-corrected chi connectivity index (χ0v) is 50.9. The van der Waals surface area contributed by atoms with Crippen molar-refractivity contribution in [3.8, 4) is 78.3 Å². The third-order valence-electron chi connectivity index (χ3n) is 16.4. The fourth-order valence-electron chi connectivity index (χ4n) is 11.7. The van der Waals surface area contributed by atoms with E-state index < -0.39 is 0 Å². The first-order chi connectivity index (χ1) is 42.6. The number of ether oxygens (including phenoxy) is 4. The molecule has 0 aliphatic heterocycles. The van der Waals surface area contributed by atoms with Gasteiger partial charge in [-0.05, 0) is 276 Å². The summed E-state index contributed by atoms with van der Waals surface area (Å²) in [4.78, 5) is 0. The lowest BCUT2D eigenvalue weighted by atomic mass is 9.86. The normalized spacial score (nSPS) is 18.8. The maximum Gasteiger partial charge on any atom is 0.188 e. The third-order valence-corrected chi connectivity index (χ3v) is 16.4. The Labute approximate surface area is 514 Å². The Balaban J connectivity index is 1.07. The van der Waals surface area contributed by atoms with Gasteiger partial charge in [-0.25, -0.2) is 0 Å². The summed E-state index contributed by atoms with van der Waals surface area (Å²) in [6, 6.07) is 50.1. The van der Waals surface area contributed by atoms with Crippen LogP contribution in [0.5, 0.6) is 11.5 Å². The lowest BCUT2D eigenvalue weighted by Gasteiger charge is -2.18. The summed E-state index contributed by atoms with van der Waals surface area (Å²) in [6.07, 6.45) is 62.2. The van der Waals surface area contributed by atoms with Crippen LogP contribution in [0.15, 0.2) is 206 Å². The highest BCUT2D eigenvalue weighted by molar-refractivity contribution is 5.92. The number of methoxy groups -OCH3 is 2. The van der Waals surface area contributed by atoms with Crippen molar-refractivity contribution in [2.24, 2.45) is 0 Å². The lowest BCUT2D eigenvalue weighted by molar-refractivity contribution is 0.0510. The SMILES string of the molecule is COCOc1ccc(-c2ccc3cc2/C=C\CCC/C=C\CCC/C=C/c2cc-3ccc2-c2cc3c(-c4ccc(-c5cc6c(-c7ccc(OCOC)cc7)cc5/C=C\CCC/C=C\CCC/C=C\6)cc4)cc2/C=C\CCC/C=C\CCC/C=C\3)cc1. The van der Waals surface area contributed by atoms with Gasteiger partial charge in [0.15, 0.2) is 13.6 Å². The number of hydrogen-bond acceptors (Lipinski definition) is 4. The number of hydrogen-bond donors (Lipinski definition) is 0. The van der Waals surface area contributed by atoms with Crippen molar-refractivity contribution in [3.05, 3.63) is 240 Å². The van der Waals surface area contributed by atoms with E-state index in [0.717, 1.165) is 138 Å². The van der Waals surface area contributed by atoms with Crippen LogP contribution in [0.2, 0.25) is 0 Å². The van der Waals surface area contributed by atoms with Gasteiger partial charge in [-0.1, -0.05) is 182 Å². The van der Waals surface area contributed by atoms with E-state index in [1.807, 2.05) is 24.3 Å². The maximum atomic E-state index is 5.80. The molecule has 4 nitrogen and oxygen atoms in total. The third kappa shape index (κ3) is 17.2. The first-order valence-electron chi connectivity index (χ1n) is 31.8. The molecule has 0 unspecified atom stereocenters. The molecule has 0 N–H and O–H groups in total. The highest BCUT2D eigenvalue weighted by atomic mass is 16.7. The minimum Gasteiger partial charge on any atom is -0.468 e. The molecule has 0 aromatic heterocycles. The van der Waals surface area contributed by atoms with Gasteiger partial charge >= 0.3 is 0 Å². The Morgan fingerprint density at radius 3 is 0.814 bits per heavy atom. The standard InChI is InChI=1S/C82H86O4/c1-83-61-85-75-49-43-63(44-50-75)77-53-47-67-55-69(77)33-27-21-15-9-3-4-10-16-22-28-34-70-56-68(67)48-54-78(70)82-60-73-37-31-25-19-13-7-8-14-20-26-32-38-74(82)59-81(73)65-41-39-64(40-42-65)79-57-72-36-30-24-18-12-6-5-11-17-23-29-35-71(79)58-80(72)66-45-51-76(52-46-66)86-62-84-2/h3-8,27-60H,9-26,61-62H2,1-2H3/b4-3-,6-5-,8-7-,33-27-,34-28+,35-29-,36-30-,37-31-,38-32-. The van der Waals surface area contributed by atoms with Gasteiger partial charge < -0.3 is 18.9 Å². The molecular formula is C82H86O4. The van der Waals surface area contributed by atoms with Gasteiger partial charge in [0.05, 0.1) is 0 Å². The Morgan fingerprint density at radius 1 is 0.233 bits per heavy atom. The molecule has 5 aliphatic carbocycles. The number of allylic oxidation sites excluding steroid dienone is 12. The fourth-order valence-corrected chi connectivity index (χ4v) is 11.7. The molecule has 7 aromatic rings. The van der Waals surface area contributed by atoms with Crippen LogP contribution in [-0.4, -0.2) is 27.8 Å². The molecule has 438 valence electrons. The van der Waals surface area contributed by atoms with Crippen molar-refractivity contribution in [2.75, 3.05) is 27.8 Å². The largest absolute Gasteiger partial charge is 0.468 e. The Bertz CT molecular complexity index is 3590. The van der Waals surface area contributed by atoms with E-state index in [9.17, 15) is 0 Å². The van der Waals surface area contributed by atoms with E-state index in [4.69, 9.17) is 18.9 Å². The summed E-state index contributed by atoms with van der Waals surface area (Å²) < 4.78 is 21.9. The van der Waals surface area contributed by atoms with Crippen LogP contribution in [-0.2, 0) is 9.47 Å². The summed E-state index contributed by atoms with van der Waals surface area (Å²) in [7, 11) is 3.30. The second kappa shape index (κ2) is 32.8. The highest BCUT2D eigenvalue weighted by Crippen LogP contribution is 2.41. The molecule has 0 fully saturated rings. The van der Waals surface area contributed by atoms with Crippen molar-refractivity contribution < 1.29 is 18.9 Å². The zero-order chi connectivity index (χ0) is 58.8. The number of rotatable bonds is 11. The first-order valence-corrected chi connectivity index (χ1v) is 31.8. The topological polar surface area (TPSA) is 36.9 Å². The van der Waals surface area contributed by atoms with Crippen molar-refractivity contribution in [1.29, 1.82) is 0 Å². The van der Waals surface area contributed by atoms with Gasteiger partial charge in [-0.3, -0.25) is 0 Å². The lowest BCUT2D eigenvalue weighted by Crippen LogP contribution is -1.98. The van der Waals surface area contributed by atoms with E-state index in [0.29, 0.717) is 0 Å². The molecule has 12 rings (SSSR count). The van der Waals surface area contributed by atoms with Crippen LogP contribution in [0.25, 0.3) is 103 Å². The molecule has 0 amide bonds. The van der Waals surface area contributed by atoms with Crippen molar-refractivity contribution in [1.82, 2.24) is 0 Å². The molecule has 0 radical (unpaired) electrons. The Morgan fingerprint density at radius 2 is 0.477 bits per heavy atom. The van der Waals surface area contributed by atoms with Gasteiger partial charge in [-0.2, -0.15) is 0 Å². The second-order valence-electron chi connectivity index (χ2n) is 22.8. The Kier molecular flexibility index (Phi) is 23.2. The van der Waals surface area contributed by atoms with Gasteiger partial charge in [0.1, 0.15) is 11.5 Å². The number of benzene rings is 7. The first kappa shape index (κ1) is 60.8. The average Bonchev–Trinajstić information content (AvgIpc) is 1.69. The van der Waals surface area contributed by atoms with Crippen molar-refractivity contribution in [3.63, 3.8) is 0 Å². The summed E-state index contributed by atoms with van der Waals surface area (Å²) in [5, 5.41) is 0. The summed E-state index contributed by atoms with van der Waals surface area (Å²) in [6.45, 7) is 0.443. The second-order valence-corrected chi connectivity index (χ2v) is 22.8. The summed E-state index contributed by atoms with van der Waals surface area (Å²) in [5.41, 5.74) is 21.8. The monoisotopic (exact) mass is 1130 g/mol. The predicted molar refractivity (Wildman–Crippen MR) is 369 cm³/mol. The summed E-state index contributed by atoms with van der Waals surface area (Å²) >= 11 is 0. The fraction of sp³-hybridized carbons (Fsp3) is 0.268. The predicted octanol–water partition coefficient (Wildman–Crippen LogP) is 23.5. The quantitative estimate of drug-likeness (QED) is 0.0955. The molecule has 8 bridgehead atoms. The van der Waals surface area contributed by atoms with Crippen molar-refractivity contribution >= 4 is 36.5 Å². The van der Waals surface area contributed by atoms with Crippen LogP contribution < -0.4 is 9.47 Å². The van der Waals surface area contributed by atoms with E-state index in [2.05, 4.69) is 219 Å². The molecule has 5 aliphatic rings. The van der Waals surface area contributed by atoms with Crippen LogP contribution in [0, 0.1) is 0 Å². The van der Waals surface area contributed by atoms with Gasteiger partial charge in [0.25, 0.3) is 0 Å². The minimum absolute atomic E-state index is 0.220. The van der Waals surface area contributed by atoms with Crippen molar-refractivity contribution in [2.45, 2.75) is 116 Å². The molecule has 0 spiro atoms. The minimum atomic E-state index is 0.220. The highest BCUT2D eigenvalue weighted by Gasteiger charge is 2.18. The van der Waals surface area contributed by atoms with E-state index in [1.165, 1.54) is 89.0 Å². The smallest absolute Gasteiger partial charge is 0.188 e. The van der Waals surface area contributed by atoms with Gasteiger partial charge in [-0.15, -0.1) is 0 Å². The molecule has 0 saturated heterocycles. The van der Waals surface area contributed by atoms with E-state index in [1.54, 1.807) is 14.2 Å². The average molecular weight is 1140 g/mol. The molecule has 86 heavy (non-hydrogen) atoms.